The maximum Gasteiger partial charge on any atom is 0.234 e. The molecule has 1 aromatic heterocycles. The van der Waals surface area contributed by atoms with E-state index in [1.54, 1.807) is 0 Å². The van der Waals surface area contributed by atoms with Gasteiger partial charge in [0.25, 0.3) is 0 Å². The number of nitrogens with two attached hydrogens (primary N) is 1. The molecule has 1 aromatic carbocycles. The summed E-state index contributed by atoms with van der Waals surface area (Å²) in [4.78, 5) is 4.55. The van der Waals surface area contributed by atoms with Crippen LogP contribution in [0.15, 0.2) is 28.8 Å². The van der Waals surface area contributed by atoms with E-state index in [1.807, 2.05) is 24.3 Å². The smallest absolute Gasteiger partial charge is 0.234 e. The van der Waals surface area contributed by atoms with Gasteiger partial charge in [-0.05, 0) is 30.5 Å². The Morgan fingerprint density at radius 2 is 1.86 bits per heavy atom. The molecular formula is C15H19Cl2N3O2. The summed E-state index contributed by atoms with van der Waals surface area (Å²) < 4.78 is 10.9. The molecule has 0 unspecified atom stereocenters. The summed E-state index contributed by atoms with van der Waals surface area (Å²) in [5.74, 6) is 1.31. The molecule has 7 heteroatoms. The van der Waals surface area contributed by atoms with Crippen LogP contribution in [-0.4, -0.2) is 29.9 Å². The van der Waals surface area contributed by atoms with Crippen LogP contribution in [0.25, 0.3) is 0 Å². The average molecular weight is 344 g/mol. The van der Waals surface area contributed by atoms with Gasteiger partial charge < -0.3 is 15.0 Å². The number of halogens is 2. The Kier molecular flexibility index (Phi) is 5.81. The van der Waals surface area contributed by atoms with Crippen LogP contribution in [0.1, 0.15) is 30.1 Å². The van der Waals surface area contributed by atoms with Gasteiger partial charge >= 0.3 is 0 Å². The van der Waals surface area contributed by atoms with Crippen molar-refractivity contribution < 1.29 is 9.26 Å². The van der Waals surface area contributed by atoms with E-state index in [4.69, 9.17) is 26.6 Å². The number of ether oxygens (including phenoxy) is 1. The van der Waals surface area contributed by atoms with Crippen molar-refractivity contribution >= 4 is 24.0 Å². The third-order valence-corrected chi connectivity index (χ3v) is 4.29. The normalized spacial score (nSPS) is 17.0. The molecular weight excluding hydrogens is 325 g/mol. The fourth-order valence-electron chi connectivity index (χ4n) is 2.59. The van der Waals surface area contributed by atoms with Crippen molar-refractivity contribution in [2.45, 2.75) is 24.7 Å². The second-order valence-corrected chi connectivity index (χ2v) is 5.85. The Labute approximate surface area is 140 Å². The Morgan fingerprint density at radius 1 is 1.18 bits per heavy atom. The molecule has 1 saturated heterocycles. The van der Waals surface area contributed by atoms with Gasteiger partial charge in [-0.3, -0.25) is 0 Å². The molecule has 0 amide bonds. The summed E-state index contributed by atoms with van der Waals surface area (Å²) in [5, 5.41) is 4.81. The summed E-state index contributed by atoms with van der Waals surface area (Å²) in [6, 6.07) is 7.65. The summed E-state index contributed by atoms with van der Waals surface area (Å²) in [6.45, 7) is 1.87. The molecule has 0 bridgehead atoms. The van der Waals surface area contributed by atoms with Crippen molar-refractivity contribution in [2.75, 3.05) is 19.8 Å². The topological polar surface area (TPSA) is 74.2 Å². The Hall–Kier alpha value is -1.14. The summed E-state index contributed by atoms with van der Waals surface area (Å²) in [5.41, 5.74) is 6.82. The van der Waals surface area contributed by atoms with Crippen LogP contribution in [0.5, 0.6) is 0 Å². The van der Waals surface area contributed by atoms with Crippen molar-refractivity contribution in [3.63, 3.8) is 0 Å². The lowest BCUT2D eigenvalue weighted by Crippen LogP contribution is -2.40. The molecule has 1 fully saturated rings. The maximum absolute atomic E-state index is 5.95. The highest BCUT2D eigenvalue weighted by molar-refractivity contribution is 6.30. The molecule has 0 radical (unpaired) electrons. The first-order valence-corrected chi connectivity index (χ1v) is 7.45. The van der Waals surface area contributed by atoms with Crippen molar-refractivity contribution in [1.29, 1.82) is 0 Å². The standard InChI is InChI=1S/C15H18ClN3O2.ClH/c16-12-3-1-11(2-4-12)9-13-18-14(21-19-13)15(10-17)5-7-20-8-6-15;/h1-4H,5-10,17H2;1H. The Morgan fingerprint density at radius 3 is 2.50 bits per heavy atom. The van der Waals surface area contributed by atoms with Gasteiger partial charge in [0.2, 0.25) is 5.89 Å². The highest BCUT2D eigenvalue weighted by atomic mass is 35.5. The SMILES string of the molecule is Cl.NCC1(c2nc(Cc3ccc(Cl)cc3)no2)CCOCC1. The monoisotopic (exact) mass is 343 g/mol. The predicted octanol–water partition coefficient (Wildman–Crippen LogP) is 2.74. The van der Waals surface area contributed by atoms with Crippen LogP contribution in [0.3, 0.4) is 0 Å². The zero-order chi connectivity index (χ0) is 14.7. The van der Waals surface area contributed by atoms with Crippen LogP contribution in [0.4, 0.5) is 0 Å². The van der Waals surface area contributed by atoms with E-state index in [2.05, 4.69) is 10.1 Å². The summed E-state index contributed by atoms with van der Waals surface area (Å²) >= 11 is 5.88. The van der Waals surface area contributed by atoms with Gasteiger partial charge in [-0.2, -0.15) is 4.98 Å². The summed E-state index contributed by atoms with van der Waals surface area (Å²) in [7, 11) is 0. The highest BCUT2D eigenvalue weighted by Gasteiger charge is 2.38. The van der Waals surface area contributed by atoms with Gasteiger partial charge in [-0.1, -0.05) is 28.9 Å². The number of hydrogen-bond donors (Lipinski definition) is 1. The first kappa shape index (κ1) is 17.2. The van der Waals surface area contributed by atoms with E-state index in [-0.39, 0.29) is 17.8 Å². The van der Waals surface area contributed by atoms with E-state index >= 15 is 0 Å². The molecule has 0 saturated carbocycles. The lowest BCUT2D eigenvalue weighted by Gasteiger charge is -2.32. The number of aromatic nitrogens is 2. The molecule has 120 valence electrons. The number of rotatable bonds is 4. The minimum absolute atomic E-state index is 0. The van der Waals surface area contributed by atoms with Crippen molar-refractivity contribution in [3.05, 3.63) is 46.6 Å². The molecule has 22 heavy (non-hydrogen) atoms. The van der Waals surface area contributed by atoms with Crippen LogP contribution in [0, 0.1) is 0 Å². The molecule has 5 nitrogen and oxygen atoms in total. The highest BCUT2D eigenvalue weighted by Crippen LogP contribution is 2.32. The minimum Gasteiger partial charge on any atom is -0.381 e. The fraction of sp³-hybridized carbons (Fsp3) is 0.467. The first-order valence-electron chi connectivity index (χ1n) is 7.07. The second kappa shape index (κ2) is 7.42. The lowest BCUT2D eigenvalue weighted by atomic mass is 9.80. The van der Waals surface area contributed by atoms with E-state index < -0.39 is 0 Å². The minimum atomic E-state index is -0.233. The second-order valence-electron chi connectivity index (χ2n) is 5.42. The Bertz CT molecular complexity index is 595. The van der Waals surface area contributed by atoms with Crippen LogP contribution >= 0.6 is 24.0 Å². The van der Waals surface area contributed by atoms with Crippen LogP contribution in [-0.2, 0) is 16.6 Å². The maximum atomic E-state index is 5.95. The van der Waals surface area contributed by atoms with Gasteiger partial charge in [-0.25, -0.2) is 0 Å². The summed E-state index contributed by atoms with van der Waals surface area (Å²) in [6.07, 6.45) is 2.27. The molecule has 2 aromatic rings. The van der Waals surface area contributed by atoms with Gasteiger partial charge in [0.05, 0.1) is 5.41 Å². The molecule has 0 aliphatic carbocycles. The average Bonchev–Trinajstić information content (AvgIpc) is 2.99. The fourth-order valence-corrected chi connectivity index (χ4v) is 2.72. The van der Waals surface area contributed by atoms with E-state index in [1.165, 1.54) is 0 Å². The number of benzene rings is 1. The van der Waals surface area contributed by atoms with Crippen molar-refractivity contribution in [1.82, 2.24) is 10.1 Å². The van der Waals surface area contributed by atoms with E-state index in [0.29, 0.717) is 37.9 Å². The zero-order valence-corrected chi connectivity index (χ0v) is 13.7. The molecule has 1 aliphatic rings. The van der Waals surface area contributed by atoms with Crippen molar-refractivity contribution in [3.8, 4) is 0 Å². The quantitative estimate of drug-likeness (QED) is 0.923. The molecule has 2 heterocycles. The molecule has 2 N–H and O–H groups in total. The molecule has 3 rings (SSSR count). The van der Waals surface area contributed by atoms with Gasteiger partial charge in [-0.15, -0.1) is 12.4 Å². The molecule has 1 aliphatic heterocycles. The van der Waals surface area contributed by atoms with Crippen LogP contribution < -0.4 is 5.73 Å². The van der Waals surface area contributed by atoms with Gasteiger partial charge in [0, 0.05) is 31.2 Å². The van der Waals surface area contributed by atoms with E-state index in [0.717, 1.165) is 23.4 Å². The van der Waals surface area contributed by atoms with Crippen molar-refractivity contribution in [2.24, 2.45) is 5.73 Å². The van der Waals surface area contributed by atoms with E-state index in [9.17, 15) is 0 Å². The van der Waals surface area contributed by atoms with Gasteiger partial charge in [0.1, 0.15) is 0 Å². The third-order valence-electron chi connectivity index (χ3n) is 4.04. The number of hydrogen-bond acceptors (Lipinski definition) is 5. The third kappa shape index (κ3) is 3.60. The largest absolute Gasteiger partial charge is 0.381 e. The number of nitrogens with zero attached hydrogens (tertiary/aromatic N) is 2. The van der Waals surface area contributed by atoms with Gasteiger partial charge in [0.15, 0.2) is 5.82 Å². The zero-order valence-electron chi connectivity index (χ0n) is 12.1. The Balaban J connectivity index is 0.00000176. The van der Waals surface area contributed by atoms with Crippen LogP contribution in [0.2, 0.25) is 5.02 Å². The first-order chi connectivity index (χ1) is 10.2. The predicted molar refractivity (Wildman–Crippen MR) is 86.6 cm³/mol. The lowest BCUT2D eigenvalue weighted by molar-refractivity contribution is 0.0409. The molecule has 0 spiro atoms. The molecule has 0 atom stereocenters.